The number of pyridine rings is 1. The van der Waals surface area contributed by atoms with Gasteiger partial charge in [0.2, 0.25) is 0 Å². The van der Waals surface area contributed by atoms with E-state index in [0.29, 0.717) is 18.6 Å². The largest absolute Gasteiger partial charge is 0.489 e. The number of hydrogen-bond acceptors (Lipinski definition) is 4. The van der Waals surface area contributed by atoms with Crippen molar-refractivity contribution in [2.24, 2.45) is 0 Å². The molecule has 2 aromatic carbocycles. The minimum Gasteiger partial charge on any atom is -0.489 e. The molecule has 1 aliphatic rings. The Balaban J connectivity index is 1.42. The van der Waals surface area contributed by atoms with E-state index in [1.807, 2.05) is 24.5 Å². The van der Waals surface area contributed by atoms with E-state index < -0.39 is 0 Å². The van der Waals surface area contributed by atoms with Gasteiger partial charge in [-0.1, -0.05) is 57.2 Å². The van der Waals surface area contributed by atoms with Gasteiger partial charge in [0.05, 0.1) is 11.6 Å². The molecule has 0 saturated carbocycles. The van der Waals surface area contributed by atoms with Gasteiger partial charge in [-0.15, -0.1) is 0 Å². The number of rotatable bonds is 7. The summed E-state index contributed by atoms with van der Waals surface area (Å²) < 4.78 is 8.26. The summed E-state index contributed by atoms with van der Waals surface area (Å²) in [4.78, 5) is 4.19. The van der Waals surface area contributed by atoms with Gasteiger partial charge in [0.25, 0.3) is 0 Å². The number of hydrogen-bond donors (Lipinski definition) is 1. The zero-order valence-electron chi connectivity index (χ0n) is 20.2. The molecule has 0 fully saturated rings. The monoisotopic (exact) mass is 452 g/mol. The van der Waals surface area contributed by atoms with Crippen LogP contribution in [0.25, 0.3) is 22.4 Å². The van der Waals surface area contributed by atoms with Crippen LogP contribution in [-0.4, -0.2) is 21.3 Å². The standard InChI is InChI=1S/C29H32N4O/c1-4-25-15-18-31-29-27(28(32-33(25)29)24-13-16-30-17-14-24)23-9-11-26(12-10-23)34-19-21-5-7-22(8-6-21)20(2)3/h5-14,16-17,20,25,31H,4,15,18-19H2,1-3H3. The first-order chi connectivity index (χ1) is 16.6. The summed E-state index contributed by atoms with van der Waals surface area (Å²) in [5.41, 5.74) is 6.86. The number of anilines is 1. The topological polar surface area (TPSA) is 52.0 Å². The molecule has 1 N–H and O–H groups in total. The fourth-order valence-electron chi connectivity index (χ4n) is 4.59. The first-order valence-corrected chi connectivity index (χ1v) is 12.2. The number of benzene rings is 2. The quantitative estimate of drug-likeness (QED) is 0.325. The molecule has 2 aromatic heterocycles. The number of nitrogens with zero attached hydrogens (tertiary/aromatic N) is 3. The number of fused-ring (bicyclic) bond motifs is 1. The van der Waals surface area contributed by atoms with Gasteiger partial charge in [0.1, 0.15) is 23.9 Å². The van der Waals surface area contributed by atoms with Crippen LogP contribution < -0.4 is 10.1 Å². The van der Waals surface area contributed by atoms with E-state index in [9.17, 15) is 0 Å². The SMILES string of the molecule is CCC1CCNc2c(-c3ccc(OCc4ccc(C(C)C)cc4)cc3)c(-c3ccncc3)nn21. The van der Waals surface area contributed by atoms with E-state index in [0.717, 1.165) is 53.3 Å². The highest BCUT2D eigenvalue weighted by Crippen LogP contribution is 2.42. The Bertz CT molecular complexity index is 1230. The summed E-state index contributed by atoms with van der Waals surface area (Å²) in [6.07, 6.45) is 5.81. The molecule has 0 amide bonds. The molecule has 0 saturated heterocycles. The van der Waals surface area contributed by atoms with E-state index >= 15 is 0 Å². The molecular weight excluding hydrogens is 420 g/mol. The summed E-state index contributed by atoms with van der Waals surface area (Å²) in [6, 6.07) is 21.5. The van der Waals surface area contributed by atoms with Crippen molar-refractivity contribution in [3.05, 3.63) is 84.2 Å². The molecule has 0 radical (unpaired) electrons. The molecular formula is C29H32N4O. The average Bonchev–Trinajstić information content (AvgIpc) is 3.28. The molecule has 5 heteroatoms. The van der Waals surface area contributed by atoms with Crippen molar-refractivity contribution < 1.29 is 4.74 Å². The minimum atomic E-state index is 0.412. The smallest absolute Gasteiger partial charge is 0.133 e. The second kappa shape index (κ2) is 9.72. The molecule has 0 spiro atoms. The van der Waals surface area contributed by atoms with Crippen molar-refractivity contribution in [3.8, 4) is 28.1 Å². The van der Waals surface area contributed by atoms with Crippen molar-refractivity contribution in [3.63, 3.8) is 0 Å². The molecule has 5 nitrogen and oxygen atoms in total. The zero-order valence-corrected chi connectivity index (χ0v) is 20.2. The predicted octanol–water partition coefficient (Wildman–Crippen LogP) is 7.08. The highest BCUT2D eigenvalue weighted by molar-refractivity contribution is 5.89. The van der Waals surface area contributed by atoms with E-state index in [-0.39, 0.29) is 0 Å². The molecule has 174 valence electrons. The van der Waals surface area contributed by atoms with Crippen LogP contribution >= 0.6 is 0 Å². The molecule has 1 atom stereocenters. The number of aromatic nitrogens is 3. The normalized spacial score (nSPS) is 15.1. The Morgan fingerprint density at radius 3 is 2.38 bits per heavy atom. The van der Waals surface area contributed by atoms with Crippen LogP contribution in [0.4, 0.5) is 5.82 Å². The summed E-state index contributed by atoms with van der Waals surface area (Å²) in [5.74, 6) is 2.50. The van der Waals surface area contributed by atoms with Gasteiger partial charge in [-0.25, -0.2) is 4.68 Å². The summed E-state index contributed by atoms with van der Waals surface area (Å²) in [5, 5.41) is 8.67. The van der Waals surface area contributed by atoms with Crippen molar-refractivity contribution in [2.75, 3.05) is 11.9 Å². The maximum atomic E-state index is 6.08. The molecule has 0 bridgehead atoms. The van der Waals surface area contributed by atoms with Gasteiger partial charge >= 0.3 is 0 Å². The van der Waals surface area contributed by atoms with Gasteiger partial charge in [-0.05, 0) is 59.7 Å². The third kappa shape index (κ3) is 4.43. The van der Waals surface area contributed by atoms with Crippen molar-refractivity contribution in [1.29, 1.82) is 0 Å². The lowest BCUT2D eigenvalue weighted by molar-refractivity contribution is 0.306. The zero-order chi connectivity index (χ0) is 23.5. The highest BCUT2D eigenvalue weighted by atomic mass is 16.5. The lowest BCUT2D eigenvalue weighted by atomic mass is 10.00. The third-order valence-electron chi connectivity index (χ3n) is 6.65. The van der Waals surface area contributed by atoms with Crippen molar-refractivity contribution in [2.45, 2.75) is 52.2 Å². The molecule has 4 aromatic rings. The second-order valence-electron chi connectivity index (χ2n) is 9.24. The van der Waals surface area contributed by atoms with Crippen molar-refractivity contribution in [1.82, 2.24) is 14.8 Å². The van der Waals surface area contributed by atoms with Crippen LogP contribution in [0, 0.1) is 0 Å². The first kappa shape index (κ1) is 22.2. The Hall–Kier alpha value is -3.60. The van der Waals surface area contributed by atoms with Gasteiger partial charge < -0.3 is 10.1 Å². The van der Waals surface area contributed by atoms with Crippen molar-refractivity contribution >= 4 is 5.82 Å². The first-order valence-electron chi connectivity index (χ1n) is 12.2. The van der Waals surface area contributed by atoms with Crippen LogP contribution in [0.2, 0.25) is 0 Å². The van der Waals surface area contributed by atoms with E-state index in [1.165, 1.54) is 11.1 Å². The Kier molecular flexibility index (Phi) is 6.35. The second-order valence-corrected chi connectivity index (χ2v) is 9.24. The van der Waals surface area contributed by atoms with Crippen LogP contribution in [0.1, 0.15) is 56.7 Å². The summed E-state index contributed by atoms with van der Waals surface area (Å²) >= 11 is 0. The van der Waals surface area contributed by atoms with Gasteiger partial charge in [0.15, 0.2) is 0 Å². The van der Waals surface area contributed by atoms with Gasteiger partial charge in [-0.2, -0.15) is 5.10 Å². The summed E-state index contributed by atoms with van der Waals surface area (Å²) in [7, 11) is 0. The maximum Gasteiger partial charge on any atom is 0.133 e. The molecule has 1 aliphatic heterocycles. The fraction of sp³-hybridized carbons (Fsp3) is 0.310. The molecule has 0 aliphatic carbocycles. The Morgan fingerprint density at radius 2 is 1.71 bits per heavy atom. The molecule has 1 unspecified atom stereocenters. The number of ether oxygens (including phenoxy) is 1. The maximum absolute atomic E-state index is 6.08. The Labute approximate surface area is 201 Å². The van der Waals surface area contributed by atoms with E-state index in [2.05, 4.69) is 84.3 Å². The van der Waals surface area contributed by atoms with Crippen LogP contribution in [-0.2, 0) is 6.61 Å². The van der Waals surface area contributed by atoms with E-state index in [4.69, 9.17) is 9.84 Å². The lowest BCUT2D eigenvalue weighted by Crippen LogP contribution is -2.23. The predicted molar refractivity (Wildman–Crippen MR) is 138 cm³/mol. The third-order valence-corrected chi connectivity index (χ3v) is 6.65. The summed E-state index contributed by atoms with van der Waals surface area (Å²) in [6.45, 7) is 8.17. The lowest BCUT2D eigenvalue weighted by Gasteiger charge is -2.25. The van der Waals surface area contributed by atoms with Crippen LogP contribution in [0.15, 0.2) is 73.1 Å². The van der Waals surface area contributed by atoms with Crippen LogP contribution in [0.5, 0.6) is 5.75 Å². The molecule has 5 rings (SSSR count). The molecule has 3 heterocycles. The highest BCUT2D eigenvalue weighted by Gasteiger charge is 2.27. The minimum absolute atomic E-state index is 0.412. The van der Waals surface area contributed by atoms with Gasteiger partial charge in [0, 0.05) is 24.5 Å². The van der Waals surface area contributed by atoms with Crippen LogP contribution in [0.3, 0.4) is 0 Å². The fourth-order valence-corrected chi connectivity index (χ4v) is 4.59. The average molecular weight is 453 g/mol. The Morgan fingerprint density at radius 1 is 0.971 bits per heavy atom. The number of nitrogens with one attached hydrogen (secondary N) is 1. The molecule has 34 heavy (non-hydrogen) atoms. The van der Waals surface area contributed by atoms with E-state index in [1.54, 1.807) is 0 Å². The van der Waals surface area contributed by atoms with Gasteiger partial charge in [-0.3, -0.25) is 4.98 Å².